The summed E-state index contributed by atoms with van der Waals surface area (Å²) in [6.45, 7) is 3.61. The molecule has 0 aromatic carbocycles. The van der Waals surface area contributed by atoms with Crippen LogP contribution < -0.4 is 0 Å². The summed E-state index contributed by atoms with van der Waals surface area (Å²) in [7, 11) is 0. The van der Waals surface area contributed by atoms with Gasteiger partial charge in [-0.25, -0.2) is 0 Å². The SMILES string of the molecule is CC(C)Cl.O=CO. The van der Waals surface area contributed by atoms with Crippen LogP contribution in [0.5, 0.6) is 0 Å². The second kappa shape index (κ2) is 9.23. The van der Waals surface area contributed by atoms with Crippen LogP contribution >= 0.6 is 11.6 Å². The molecular weight excluding hydrogens is 115 g/mol. The Balaban J connectivity index is 0. The van der Waals surface area contributed by atoms with Gasteiger partial charge in [-0.3, -0.25) is 4.79 Å². The Labute approximate surface area is 48.1 Å². The highest BCUT2D eigenvalue weighted by Gasteiger charge is 1.71. The molecule has 0 atom stereocenters. The van der Waals surface area contributed by atoms with E-state index in [1.807, 2.05) is 13.8 Å². The second-order valence-corrected chi connectivity index (χ2v) is 1.99. The third-order valence-corrected chi connectivity index (χ3v) is 0. The predicted octanol–water partition coefficient (Wildman–Crippen LogP) is 1.33. The molecule has 0 fully saturated rings. The number of carbonyl (C=O) groups is 1. The fourth-order valence-corrected chi connectivity index (χ4v) is 0. The fourth-order valence-electron chi connectivity index (χ4n) is 0. The lowest BCUT2D eigenvalue weighted by Crippen LogP contribution is -1.70. The van der Waals surface area contributed by atoms with Gasteiger partial charge in [0, 0.05) is 5.38 Å². The first-order valence-corrected chi connectivity index (χ1v) is 2.30. The van der Waals surface area contributed by atoms with E-state index < -0.39 is 0 Å². The lowest BCUT2D eigenvalue weighted by Gasteiger charge is -1.76. The average Bonchev–Trinajstić information content (AvgIpc) is 1.33. The Hall–Kier alpha value is -0.240. The molecule has 0 aliphatic carbocycles. The molecule has 0 saturated carbocycles. The fraction of sp³-hybridized carbons (Fsp3) is 0.750. The number of carboxylic acid groups (broad SMARTS) is 1. The third kappa shape index (κ3) is 1410. The maximum atomic E-state index is 8.36. The maximum Gasteiger partial charge on any atom is 0.290 e. The molecule has 0 saturated heterocycles. The van der Waals surface area contributed by atoms with E-state index >= 15 is 0 Å². The van der Waals surface area contributed by atoms with Gasteiger partial charge in [-0.1, -0.05) is 0 Å². The Morgan fingerprint density at radius 3 is 1.71 bits per heavy atom. The van der Waals surface area contributed by atoms with E-state index in [1.54, 1.807) is 0 Å². The highest BCUT2D eigenvalue weighted by Crippen LogP contribution is 1.84. The molecule has 0 unspecified atom stereocenters. The zero-order valence-electron chi connectivity index (χ0n) is 4.39. The van der Waals surface area contributed by atoms with Crippen molar-refractivity contribution in [1.29, 1.82) is 0 Å². The van der Waals surface area contributed by atoms with Crippen molar-refractivity contribution in [2.24, 2.45) is 0 Å². The molecular formula is C4H9ClO2. The zero-order chi connectivity index (χ0) is 6.28. The van der Waals surface area contributed by atoms with Gasteiger partial charge in [-0.05, 0) is 13.8 Å². The van der Waals surface area contributed by atoms with Crippen LogP contribution in [0.2, 0.25) is 0 Å². The number of halogens is 1. The molecule has 0 aromatic heterocycles. The van der Waals surface area contributed by atoms with Crippen molar-refractivity contribution in [2.45, 2.75) is 19.2 Å². The van der Waals surface area contributed by atoms with E-state index in [1.165, 1.54) is 0 Å². The summed E-state index contributed by atoms with van der Waals surface area (Å²) in [5.74, 6) is 0. The standard InChI is InChI=1S/C3H7Cl.CH2O2/c1-3(2)4;2-1-3/h3H,1-2H3;1H,(H,2,3). The van der Waals surface area contributed by atoms with Crippen molar-refractivity contribution in [2.75, 3.05) is 0 Å². The number of hydrogen-bond acceptors (Lipinski definition) is 1. The van der Waals surface area contributed by atoms with Crippen LogP contribution in [0.15, 0.2) is 0 Å². The lowest BCUT2D eigenvalue weighted by atomic mass is 10.6. The van der Waals surface area contributed by atoms with Crippen LogP contribution in [0, 0.1) is 0 Å². The Morgan fingerprint density at radius 2 is 1.71 bits per heavy atom. The van der Waals surface area contributed by atoms with Gasteiger partial charge in [-0.2, -0.15) is 0 Å². The first kappa shape index (κ1) is 9.90. The van der Waals surface area contributed by atoms with Gasteiger partial charge in [0.25, 0.3) is 6.47 Å². The van der Waals surface area contributed by atoms with Gasteiger partial charge in [-0.15, -0.1) is 11.6 Å². The molecule has 44 valence electrons. The summed E-state index contributed by atoms with van der Waals surface area (Å²) >= 11 is 5.27. The molecule has 0 heterocycles. The van der Waals surface area contributed by atoms with Gasteiger partial charge in [0.1, 0.15) is 0 Å². The van der Waals surface area contributed by atoms with E-state index in [0.29, 0.717) is 5.38 Å². The monoisotopic (exact) mass is 124 g/mol. The lowest BCUT2D eigenvalue weighted by molar-refractivity contribution is -0.122. The molecule has 0 aliphatic heterocycles. The van der Waals surface area contributed by atoms with Crippen molar-refractivity contribution in [3.05, 3.63) is 0 Å². The molecule has 0 radical (unpaired) electrons. The van der Waals surface area contributed by atoms with Gasteiger partial charge in [0.15, 0.2) is 0 Å². The molecule has 7 heavy (non-hydrogen) atoms. The summed E-state index contributed by atoms with van der Waals surface area (Å²) < 4.78 is 0. The summed E-state index contributed by atoms with van der Waals surface area (Å²) in [4.78, 5) is 8.36. The van der Waals surface area contributed by atoms with E-state index in [0.717, 1.165) is 0 Å². The quantitative estimate of drug-likeness (QED) is 0.391. The van der Waals surface area contributed by atoms with Crippen molar-refractivity contribution in [3.8, 4) is 0 Å². The van der Waals surface area contributed by atoms with Crippen LogP contribution in [-0.2, 0) is 4.79 Å². The minimum absolute atomic E-state index is 0.250. The van der Waals surface area contributed by atoms with Gasteiger partial charge < -0.3 is 5.11 Å². The van der Waals surface area contributed by atoms with Gasteiger partial charge in [0.05, 0.1) is 0 Å². The van der Waals surface area contributed by atoms with Crippen LogP contribution in [0.3, 0.4) is 0 Å². The van der Waals surface area contributed by atoms with Crippen molar-refractivity contribution >= 4 is 18.1 Å². The van der Waals surface area contributed by atoms with E-state index in [4.69, 9.17) is 21.5 Å². The van der Waals surface area contributed by atoms with Crippen molar-refractivity contribution < 1.29 is 9.90 Å². The van der Waals surface area contributed by atoms with E-state index in [-0.39, 0.29) is 6.47 Å². The van der Waals surface area contributed by atoms with E-state index in [2.05, 4.69) is 0 Å². The van der Waals surface area contributed by atoms with Crippen LogP contribution in [-0.4, -0.2) is 17.0 Å². The highest BCUT2D eigenvalue weighted by molar-refractivity contribution is 6.20. The maximum absolute atomic E-state index is 8.36. The largest absolute Gasteiger partial charge is 0.483 e. The van der Waals surface area contributed by atoms with Crippen LogP contribution in [0.25, 0.3) is 0 Å². The molecule has 0 amide bonds. The number of hydrogen-bond donors (Lipinski definition) is 1. The highest BCUT2D eigenvalue weighted by atomic mass is 35.5. The van der Waals surface area contributed by atoms with Gasteiger partial charge >= 0.3 is 0 Å². The molecule has 0 aliphatic rings. The molecule has 3 heteroatoms. The van der Waals surface area contributed by atoms with Crippen LogP contribution in [0.1, 0.15) is 13.8 Å². The Morgan fingerprint density at radius 1 is 1.71 bits per heavy atom. The summed E-state index contributed by atoms with van der Waals surface area (Å²) in [5.41, 5.74) is 0. The summed E-state index contributed by atoms with van der Waals surface area (Å²) in [6, 6.07) is 0. The third-order valence-electron chi connectivity index (χ3n) is 0. The smallest absolute Gasteiger partial charge is 0.290 e. The zero-order valence-corrected chi connectivity index (χ0v) is 5.14. The molecule has 0 rings (SSSR count). The summed E-state index contributed by atoms with van der Waals surface area (Å²) in [5, 5.41) is 7.19. The van der Waals surface area contributed by atoms with Gasteiger partial charge in [0.2, 0.25) is 0 Å². The average molecular weight is 125 g/mol. The first-order valence-electron chi connectivity index (χ1n) is 1.87. The number of rotatable bonds is 0. The first-order chi connectivity index (χ1) is 3.15. The van der Waals surface area contributed by atoms with E-state index in [9.17, 15) is 0 Å². The normalized spacial score (nSPS) is 6.86. The predicted molar refractivity (Wildman–Crippen MR) is 29.7 cm³/mol. The Bertz CT molecular complexity index is 33.9. The Kier molecular flexibility index (Phi) is 13.1. The van der Waals surface area contributed by atoms with Crippen molar-refractivity contribution in [1.82, 2.24) is 0 Å². The topological polar surface area (TPSA) is 37.3 Å². The minimum atomic E-state index is -0.250. The molecule has 0 bridgehead atoms. The number of alkyl halides is 1. The molecule has 1 N–H and O–H groups in total. The van der Waals surface area contributed by atoms with Crippen molar-refractivity contribution in [3.63, 3.8) is 0 Å². The summed E-state index contributed by atoms with van der Waals surface area (Å²) in [6.07, 6.45) is 0. The molecule has 2 nitrogen and oxygen atoms in total. The second-order valence-electron chi connectivity index (χ2n) is 1.12. The van der Waals surface area contributed by atoms with Crippen LogP contribution in [0.4, 0.5) is 0 Å². The minimum Gasteiger partial charge on any atom is -0.483 e. The molecule has 0 spiro atoms. The molecule has 0 aromatic rings.